The predicted molar refractivity (Wildman–Crippen MR) is 79.0 cm³/mol. The minimum atomic E-state index is -0.284. The Balaban J connectivity index is 1.88. The lowest BCUT2D eigenvalue weighted by molar-refractivity contribution is 0.102. The van der Waals surface area contributed by atoms with E-state index in [2.05, 4.69) is 20.3 Å². The molecule has 2 aromatic heterocycles. The van der Waals surface area contributed by atoms with Crippen LogP contribution in [0.3, 0.4) is 0 Å². The number of nitrogens with two attached hydrogens (primary N) is 1. The van der Waals surface area contributed by atoms with Crippen LogP contribution in [0.5, 0.6) is 0 Å². The maximum atomic E-state index is 12.1. The second-order valence-electron chi connectivity index (χ2n) is 3.90. The second kappa shape index (κ2) is 5.03. The maximum Gasteiger partial charge on any atom is 0.256 e. The van der Waals surface area contributed by atoms with Crippen molar-refractivity contribution in [3.05, 3.63) is 41.3 Å². The zero-order valence-corrected chi connectivity index (χ0v) is 11.6. The van der Waals surface area contributed by atoms with Gasteiger partial charge in [-0.1, -0.05) is 11.3 Å². The van der Waals surface area contributed by atoms with E-state index in [9.17, 15) is 4.79 Å². The zero-order valence-electron chi connectivity index (χ0n) is 10.0. The molecule has 8 heteroatoms. The van der Waals surface area contributed by atoms with Crippen LogP contribution < -0.4 is 11.1 Å². The van der Waals surface area contributed by atoms with Crippen LogP contribution in [0.25, 0.3) is 10.2 Å². The summed E-state index contributed by atoms with van der Waals surface area (Å²) in [7, 11) is 0. The summed E-state index contributed by atoms with van der Waals surface area (Å²) in [4.78, 5) is 23.9. The number of anilines is 2. The number of fused-ring (bicyclic) bond motifs is 1. The zero-order chi connectivity index (χ0) is 14.1. The number of nitrogens with zero attached hydrogens (tertiary/aromatic N) is 3. The van der Waals surface area contributed by atoms with Gasteiger partial charge in [0, 0.05) is 11.8 Å². The first-order valence-corrected chi connectivity index (χ1v) is 6.77. The fourth-order valence-corrected chi connectivity index (χ4v) is 2.60. The Bertz CT molecular complexity index is 803. The summed E-state index contributed by atoms with van der Waals surface area (Å²) in [6.07, 6.45) is 1.47. The van der Waals surface area contributed by atoms with Gasteiger partial charge in [-0.2, -0.15) is 0 Å². The van der Waals surface area contributed by atoms with Crippen LogP contribution in [0.1, 0.15) is 10.4 Å². The number of hydrogen-bond acceptors (Lipinski definition) is 6. The normalized spacial score (nSPS) is 10.7. The number of nitrogen functional groups attached to an aromatic ring is 1. The van der Waals surface area contributed by atoms with Crippen molar-refractivity contribution < 1.29 is 4.79 Å². The highest BCUT2D eigenvalue weighted by atomic mass is 35.5. The first-order valence-electron chi connectivity index (χ1n) is 5.58. The fourth-order valence-electron chi connectivity index (χ4n) is 1.68. The van der Waals surface area contributed by atoms with Gasteiger partial charge in [-0.25, -0.2) is 15.0 Å². The Kier molecular flexibility index (Phi) is 3.21. The average Bonchev–Trinajstić information content (AvgIpc) is 2.77. The second-order valence-corrected chi connectivity index (χ2v) is 5.30. The summed E-state index contributed by atoms with van der Waals surface area (Å²) in [5.41, 5.74) is 6.90. The molecule has 0 atom stereocenters. The van der Waals surface area contributed by atoms with E-state index in [0.29, 0.717) is 16.5 Å². The van der Waals surface area contributed by atoms with Gasteiger partial charge in [0.2, 0.25) is 5.28 Å². The smallest absolute Gasteiger partial charge is 0.256 e. The van der Waals surface area contributed by atoms with Gasteiger partial charge in [0.1, 0.15) is 5.82 Å². The molecule has 1 amide bonds. The molecule has 0 fully saturated rings. The third-order valence-corrected chi connectivity index (χ3v) is 3.56. The number of amides is 1. The van der Waals surface area contributed by atoms with Crippen LogP contribution in [-0.4, -0.2) is 20.9 Å². The van der Waals surface area contributed by atoms with Crippen LogP contribution >= 0.6 is 22.9 Å². The molecule has 100 valence electrons. The molecular formula is C12H8ClN5OS. The van der Waals surface area contributed by atoms with E-state index >= 15 is 0 Å². The van der Waals surface area contributed by atoms with Crippen molar-refractivity contribution in [2.24, 2.45) is 0 Å². The Morgan fingerprint density at radius 1 is 1.30 bits per heavy atom. The van der Waals surface area contributed by atoms with Gasteiger partial charge in [0.15, 0.2) is 5.13 Å². The summed E-state index contributed by atoms with van der Waals surface area (Å²) >= 11 is 6.99. The Morgan fingerprint density at radius 2 is 2.15 bits per heavy atom. The molecule has 0 aliphatic rings. The van der Waals surface area contributed by atoms with Crippen molar-refractivity contribution >= 4 is 50.0 Å². The van der Waals surface area contributed by atoms with Gasteiger partial charge in [0.25, 0.3) is 5.91 Å². The molecule has 2 heterocycles. The topological polar surface area (TPSA) is 93.8 Å². The summed E-state index contributed by atoms with van der Waals surface area (Å²) in [6.45, 7) is 0. The van der Waals surface area contributed by atoms with Crippen molar-refractivity contribution in [2.75, 3.05) is 11.1 Å². The Morgan fingerprint density at radius 3 is 2.95 bits per heavy atom. The van der Waals surface area contributed by atoms with Crippen LogP contribution in [0.15, 0.2) is 30.5 Å². The minimum Gasteiger partial charge on any atom is -0.375 e. The number of carbonyl (C=O) groups excluding carboxylic acids is 1. The van der Waals surface area contributed by atoms with Gasteiger partial charge in [0.05, 0.1) is 10.2 Å². The third kappa shape index (κ3) is 2.54. The largest absolute Gasteiger partial charge is 0.375 e. The molecule has 20 heavy (non-hydrogen) atoms. The summed E-state index contributed by atoms with van der Waals surface area (Å²) in [5, 5.41) is 3.20. The number of hydrogen-bond donors (Lipinski definition) is 2. The van der Waals surface area contributed by atoms with Crippen LogP contribution in [0, 0.1) is 0 Å². The lowest BCUT2D eigenvalue weighted by Crippen LogP contribution is -2.12. The highest BCUT2D eigenvalue weighted by Crippen LogP contribution is 2.24. The van der Waals surface area contributed by atoms with E-state index in [1.807, 2.05) is 0 Å². The van der Waals surface area contributed by atoms with Crippen LogP contribution in [0.4, 0.5) is 10.9 Å². The highest BCUT2D eigenvalue weighted by Gasteiger charge is 2.10. The van der Waals surface area contributed by atoms with Gasteiger partial charge >= 0.3 is 0 Å². The molecule has 6 nitrogen and oxygen atoms in total. The molecular weight excluding hydrogens is 298 g/mol. The van der Waals surface area contributed by atoms with E-state index in [-0.39, 0.29) is 11.2 Å². The van der Waals surface area contributed by atoms with Crippen molar-refractivity contribution in [3.8, 4) is 0 Å². The SMILES string of the molecule is Nc1nc2ccc(C(=O)Nc3ccnc(Cl)n3)cc2s1. The van der Waals surface area contributed by atoms with Crippen LogP contribution in [0.2, 0.25) is 5.28 Å². The fraction of sp³-hybridized carbons (Fsp3) is 0. The predicted octanol–water partition coefficient (Wildman–Crippen LogP) is 2.57. The van der Waals surface area contributed by atoms with Gasteiger partial charge in [-0.15, -0.1) is 0 Å². The first-order chi connectivity index (χ1) is 9.61. The molecule has 3 rings (SSSR count). The number of rotatable bonds is 2. The Hall–Kier alpha value is -2.25. The van der Waals surface area contributed by atoms with E-state index in [1.54, 1.807) is 24.3 Å². The Labute approximate surface area is 122 Å². The summed E-state index contributed by atoms with van der Waals surface area (Å²) in [5.74, 6) is 0.0625. The number of aromatic nitrogens is 3. The molecule has 0 spiro atoms. The quantitative estimate of drug-likeness (QED) is 0.710. The number of nitrogens with one attached hydrogen (secondary N) is 1. The number of thiazole rings is 1. The van der Waals surface area contributed by atoms with Crippen molar-refractivity contribution in [1.82, 2.24) is 15.0 Å². The van der Waals surface area contributed by atoms with Gasteiger partial charge < -0.3 is 11.1 Å². The molecule has 0 aliphatic carbocycles. The molecule has 0 saturated heterocycles. The highest BCUT2D eigenvalue weighted by molar-refractivity contribution is 7.22. The summed E-state index contributed by atoms with van der Waals surface area (Å²) < 4.78 is 0.857. The van der Waals surface area contributed by atoms with Crippen molar-refractivity contribution in [1.29, 1.82) is 0 Å². The third-order valence-electron chi connectivity index (χ3n) is 2.53. The molecule has 1 aromatic carbocycles. The van der Waals surface area contributed by atoms with Crippen LogP contribution in [-0.2, 0) is 0 Å². The monoisotopic (exact) mass is 305 g/mol. The average molecular weight is 306 g/mol. The number of halogens is 1. The lowest BCUT2D eigenvalue weighted by Gasteiger charge is -2.04. The van der Waals surface area contributed by atoms with E-state index < -0.39 is 0 Å². The lowest BCUT2D eigenvalue weighted by atomic mass is 10.2. The molecule has 0 radical (unpaired) electrons. The summed E-state index contributed by atoms with van der Waals surface area (Å²) in [6, 6.07) is 6.73. The van der Waals surface area contributed by atoms with Gasteiger partial charge in [-0.05, 0) is 35.9 Å². The van der Waals surface area contributed by atoms with E-state index in [4.69, 9.17) is 17.3 Å². The maximum absolute atomic E-state index is 12.1. The van der Waals surface area contributed by atoms with Gasteiger partial charge in [-0.3, -0.25) is 4.79 Å². The standard InChI is InChI=1S/C12H8ClN5OS/c13-11-15-4-3-9(18-11)17-10(19)6-1-2-7-8(5-6)20-12(14)16-7/h1-5H,(H2,14,16)(H,15,17,18,19). The first kappa shape index (κ1) is 12.8. The molecule has 0 bridgehead atoms. The number of carbonyl (C=O) groups is 1. The number of benzene rings is 1. The minimum absolute atomic E-state index is 0.0773. The molecule has 3 aromatic rings. The molecule has 0 aliphatic heterocycles. The van der Waals surface area contributed by atoms with E-state index in [0.717, 1.165) is 10.2 Å². The molecule has 0 saturated carbocycles. The van der Waals surface area contributed by atoms with E-state index in [1.165, 1.54) is 17.5 Å². The molecule has 0 unspecified atom stereocenters. The van der Waals surface area contributed by atoms with Crippen molar-refractivity contribution in [3.63, 3.8) is 0 Å². The van der Waals surface area contributed by atoms with Crippen molar-refractivity contribution in [2.45, 2.75) is 0 Å². The molecule has 3 N–H and O–H groups in total.